The SMILES string of the molecule is Nc1cccnc1C(=O)N1CC(O)C1. The third-order valence-electron chi connectivity index (χ3n) is 2.19. The van der Waals surface area contributed by atoms with E-state index in [4.69, 9.17) is 10.8 Å². The molecule has 0 radical (unpaired) electrons. The third kappa shape index (κ3) is 1.42. The number of carbonyl (C=O) groups is 1. The summed E-state index contributed by atoms with van der Waals surface area (Å²) in [5, 5.41) is 9.04. The highest BCUT2D eigenvalue weighted by molar-refractivity contribution is 5.97. The van der Waals surface area contributed by atoms with Gasteiger partial charge < -0.3 is 15.7 Å². The molecular weight excluding hydrogens is 182 g/mol. The molecule has 0 bridgehead atoms. The molecule has 0 unspecified atom stereocenters. The number of pyridine rings is 1. The van der Waals surface area contributed by atoms with Crippen LogP contribution in [-0.4, -0.2) is 40.1 Å². The number of nitrogens with two attached hydrogens (primary N) is 1. The second-order valence-electron chi connectivity index (χ2n) is 3.31. The zero-order chi connectivity index (χ0) is 10.1. The van der Waals surface area contributed by atoms with Crippen LogP contribution in [0.25, 0.3) is 0 Å². The normalized spacial score (nSPS) is 16.5. The van der Waals surface area contributed by atoms with E-state index in [0.29, 0.717) is 18.8 Å². The van der Waals surface area contributed by atoms with Gasteiger partial charge in [-0.15, -0.1) is 0 Å². The molecule has 0 aliphatic carbocycles. The van der Waals surface area contributed by atoms with Crippen molar-refractivity contribution in [2.45, 2.75) is 6.10 Å². The lowest BCUT2D eigenvalue weighted by Gasteiger charge is -2.35. The lowest BCUT2D eigenvalue weighted by atomic mass is 10.1. The van der Waals surface area contributed by atoms with Crippen LogP contribution >= 0.6 is 0 Å². The van der Waals surface area contributed by atoms with Crippen molar-refractivity contribution in [2.24, 2.45) is 0 Å². The van der Waals surface area contributed by atoms with Gasteiger partial charge in [0, 0.05) is 19.3 Å². The van der Waals surface area contributed by atoms with Gasteiger partial charge in [0.05, 0.1) is 11.8 Å². The molecule has 0 spiro atoms. The van der Waals surface area contributed by atoms with Crippen LogP contribution in [0.1, 0.15) is 10.5 Å². The van der Waals surface area contributed by atoms with Gasteiger partial charge in [-0.2, -0.15) is 0 Å². The van der Waals surface area contributed by atoms with Crippen molar-refractivity contribution >= 4 is 11.6 Å². The fourth-order valence-electron chi connectivity index (χ4n) is 1.37. The Morgan fingerprint density at radius 2 is 2.36 bits per heavy atom. The van der Waals surface area contributed by atoms with Crippen LogP contribution in [-0.2, 0) is 0 Å². The number of likely N-dealkylation sites (tertiary alicyclic amines) is 1. The highest BCUT2D eigenvalue weighted by atomic mass is 16.3. The molecule has 0 aromatic carbocycles. The summed E-state index contributed by atoms with van der Waals surface area (Å²) in [7, 11) is 0. The Labute approximate surface area is 81.2 Å². The van der Waals surface area contributed by atoms with Crippen molar-refractivity contribution < 1.29 is 9.90 Å². The van der Waals surface area contributed by atoms with Crippen LogP contribution in [0.2, 0.25) is 0 Å². The standard InChI is InChI=1S/C9H11N3O2/c10-7-2-1-3-11-8(7)9(14)12-4-6(13)5-12/h1-3,6,13H,4-5,10H2. The van der Waals surface area contributed by atoms with Gasteiger partial charge in [-0.1, -0.05) is 0 Å². The molecule has 1 fully saturated rings. The zero-order valence-corrected chi connectivity index (χ0v) is 7.55. The molecule has 1 aromatic heterocycles. The summed E-state index contributed by atoms with van der Waals surface area (Å²) >= 11 is 0. The lowest BCUT2D eigenvalue weighted by molar-refractivity contribution is 0.00558. The zero-order valence-electron chi connectivity index (χ0n) is 7.55. The third-order valence-corrected chi connectivity index (χ3v) is 2.19. The Morgan fingerprint density at radius 1 is 1.64 bits per heavy atom. The van der Waals surface area contributed by atoms with E-state index < -0.39 is 6.10 Å². The first kappa shape index (κ1) is 8.96. The number of rotatable bonds is 1. The summed E-state index contributed by atoms with van der Waals surface area (Å²) in [4.78, 5) is 17.1. The minimum absolute atomic E-state index is 0.214. The van der Waals surface area contributed by atoms with E-state index in [-0.39, 0.29) is 11.6 Å². The monoisotopic (exact) mass is 193 g/mol. The van der Waals surface area contributed by atoms with Crippen LogP contribution in [0.5, 0.6) is 0 Å². The Morgan fingerprint density at radius 3 is 2.93 bits per heavy atom. The highest BCUT2D eigenvalue weighted by Crippen LogP contribution is 2.15. The first-order valence-electron chi connectivity index (χ1n) is 4.36. The summed E-state index contributed by atoms with van der Waals surface area (Å²) in [6.07, 6.45) is 1.13. The molecule has 0 atom stereocenters. The van der Waals surface area contributed by atoms with Crippen molar-refractivity contribution in [3.63, 3.8) is 0 Å². The van der Waals surface area contributed by atoms with Crippen LogP contribution in [0.4, 0.5) is 5.69 Å². The number of nitrogens with zero attached hydrogens (tertiary/aromatic N) is 2. The predicted molar refractivity (Wildman–Crippen MR) is 50.6 cm³/mol. The van der Waals surface area contributed by atoms with Gasteiger partial charge >= 0.3 is 0 Å². The van der Waals surface area contributed by atoms with Crippen molar-refractivity contribution in [1.82, 2.24) is 9.88 Å². The van der Waals surface area contributed by atoms with E-state index in [1.54, 1.807) is 12.1 Å². The van der Waals surface area contributed by atoms with E-state index in [1.165, 1.54) is 11.1 Å². The Kier molecular flexibility index (Phi) is 2.09. The summed E-state index contributed by atoms with van der Waals surface area (Å²) in [6, 6.07) is 3.31. The molecule has 1 amide bonds. The number of hydrogen-bond donors (Lipinski definition) is 2. The fraction of sp³-hybridized carbons (Fsp3) is 0.333. The summed E-state index contributed by atoms with van der Waals surface area (Å²) in [6.45, 7) is 0.740. The molecular formula is C9H11N3O2. The Bertz CT molecular complexity index is 361. The predicted octanol–water partition coefficient (Wildman–Crippen LogP) is -0.520. The molecule has 5 nitrogen and oxygen atoms in total. The van der Waals surface area contributed by atoms with Crippen molar-refractivity contribution in [3.8, 4) is 0 Å². The number of β-amino-alcohol motifs (C(OH)–C–C–N with tert-alkyl or cyclic N) is 1. The highest BCUT2D eigenvalue weighted by Gasteiger charge is 2.30. The number of anilines is 1. The maximum absolute atomic E-state index is 11.7. The van der Waals surface area contributed by atoms with Crippen LogP contribution < -0.4 is 5.73 Å². The van der Waals surface area contributed by atoms with Crippen LogP contribution in [0.3, 0.4) is 0 Å². The van der Waals surface area contributed by atoms with Crippen LogP contribution in [0.15, 0.2) is 18.3 Å². The van der Waals surface area contributed by atoms with Crippen LogP contribution in [0, 0.1) is 0 Å². The molecule has 2 heterocycles. The minimum Gasteiger partial charge on any atom is -0.397 e. The van der Waals surface area contributed by atoms with Gasteiger partial charge in [-0.25, -0.2) is 4.98 Å². The van der Waals surface area contributed by atoms with E-state index in [2.05, 4.69) is 4.98 Å². The number of hydrogen-bond acceptors (Lipinski definition) is 4. The van der Waals surface area contributed by atoms with E-state index >= 15 is 0 Å². The van der Waals surface area contributed by atoms with Crippen molar-refractivity contribution in [1.29, 1.82) is 0 Å². The average Bonchev–Trinajstić information content (AvgIpc) is 2.13. The number of aromatic nitrogens is 1. The Balaban J connectivity index is 2.16. The first-order chi connectivity index (χ1) is 6.68. The first-order valence-corrected chi connectivity index (χ1v) is 4.36. The number of aliphatic hydroxyl groups excluding tert-OH is 1. The van der Waals surface area contributed by atoms with Gasteiger partial charge in [0.2, 0.25) is 0 Å². The van der Waals surface area contributed by atoms with Gasteiger partial charge in [0.25, 0.3) is 5.91 Å². The molecule has 2 rings (SSSR count). The lowest BCUT2D eigenvalue weighted by Crippen LogP contribution is -2.53. The molecule has 1 saturated heterocycles. The van der Waals surface area contributed by atoms with Crippen molar-refractivity contribution in [3.05, 3.63) is 24.0 Å². The van der Waals surface area contributed by atoms with Gasteiger partial charge in [-0.3, -0.25) is 4.79 Å². The molecule has 1 aliphatic rings. The second kappa shape index (κ2) is 3.26. The largest absolute Gasteiger partial charge is 0.397 e. The minimum atomic E-state index is -0.399. The molecule has 5 heteroatoms. The van der Waals surface area contributed by atoms with Gasteiger partial charge in [0.15, 0.2) is 5.69 Å². The van der Waals surface area contributed by atoms with Crippen molar-refractivity contribution in [2.75, 3.05) is 18.8 Å². The fourth-order valence-corrected chi connectivity index (χ4v) is 1.37. The molecule has 1 aliphatic heterocycles. The van der Waals surface area contributed by atoms with E-state index in [9.17, 15) is 4.79 Å². The Hall–Kier alpha value is -1.62. The molecule has 3 N–H and O–H groups in total. The number of nitrogen functional groups attached to an aromatic ring is 1. The second-order valence-corrected chi connectivity index (χ2v) is 3.31. The summed E-state index contributed by atoms with van der Waals surface area (Å²) in [5.41, 5.74) is 6.24. The maximum atomic E-state index is 11.7. The van der Waals surface area contributed by atoms with E-state index in [1.807, 2.05) is 0 Å². The maximum Gasteiger partial charge on any atom is 0.274 e. The molecule has 74 valence electrons. The quantitative estimate of drug-likeness (QED) is 0.629. The number of amides is 1. The number of aliphatic hydroxyl groups is 1. The molecule has 0 saturated carbocycles. The topological polar surface area (TPSA) is 79.5 Å². The molecule has 1 aromatic rings. The average molecular weight is 193 g/mol. The number of carbonyl (C=O) groups excluding carboxylic acids is 1. The summed E-state index contributed by atoms with van der Waals surface area (Å²) < 4.78 is 0. The summed E-state index contributed by atoms with van der Waals surface area (Å²) in [5.74, 6) is -0.214. The molecule has 14 heavy (non-hydrogen) atoms. The van der Waals surface area contributed by atoms with Gasteiger partial charge in [0.1, 0.15) is 0 Å². The van der Waals surface area contributed by atoms with Gasteiger partial charge in [-0.05, 0) is 12.1 Å². The van der Waals surface area contributed by atoms with E-state index in [0.717, 1.165) is 0 Å². The smallest absolute Gasteiger partial charge is 0.274 e.